The van der Waals surface area contributed by atoms with E-state index in [-0.39, 0.29) is 18.3 Å². The number of rotatable bonds is 19. The Morgan fingerprint density at radius 3 is 2.02 bits per heavy atom. The first-order chi connectivity index (χ1) is 20.5. The Morgan fingerprint density at radius 1 is 0.833 bits per heavy atom. The van der Waals surface area contributed by atoms with Crippen LogP contribution in [0.25, 0.3) is 0 Å². The van der Waals surface area contributed by atoms with Crippen LogP contribution in [0.4, 0.5) is 0 Å². The third-order valence-electron chi connectivity index (χ3n) is 7.63. The van der Waals surface area contributed by atoms with Crippen LogP contribution in [-0.4, -0.2) is 62.4 Å². The van der Waals surface area contributed by atoms with Gasteiger partial charge in [0, 0.05) is 41.9 Å². The summed E-state index contributed by atoms with van der Waals surface area (Å²) in [5, 5.41) is 0.695. The normalized spacial score (nSPS) is 24.2. The molecule has 0 aromatic heterocycles. The molecule has 1 aliphatic rings. The molecule has 0 N–H and O–H groups in total. The fourth-order valence-electron chi connectivity index (χ4n) is 5.28. The molecule has 1 heterocycles. The van der Waals surface area contributed by atoms with Crippen molar-refractivity contribution in [3.05, 3.63) is 64.2 Å². The van der Waals surface area contributed by atoms with E-state index in [1.807, 2.05) is 31.2 Å². The molecule has 0 spiro atoms. The molecule has 5 atom stereocenters. The summed E-state index contributed by atoms with van der Waals surface area (Å²) in [6, 6.07) is 14.2. The molecule has 2 aromatic carbocycles. The molecule has 0 saturated carbocycles. The molecular formula is C34H50ClIO6. The summed E-state index contributed by atoms with van der Waals surface area (Å²) in [7, 11) is 1.70. The second-order valence-electron chi connectivity index (χ2n) is 10.8. The van der Waals surface area contributed by atoms with Crippen LogP contribution in [0.1, 0.15) is 82.9 Å². The minimum Gasteiger partial charge on any atom is -0.494 e. The predicted octanol–water partition coefficient (Wildman–Crippen LogP) is 8.52. The van der Waals surface area contributed by atoms with Gasteiger partial charge in [0.25, 0.3) is 0 Å². The van der Waals surface area contributed by atoms with Gasteiger partial charge in [0.15, 0.2) is 0 Å². The highest BCUT2D eigenvalue weighted by Gasteiger charge is 2.58. The first kappa shape index (κ1) is 35.5. The fraction of sp³-hybridized carbons (Fsp3) is 0.647. The molecule has 3 rings (SSSR count). The lowest BCUT2D eigenvalue weighted by atomic mass is 9.86. The van der Waals surface area contributed by atoms with Crippen molar-refractivity contribution in [2.24, 2.45) is 0 Å². The molecule has 0 bridgehead atoms. The molecule has 1 aliphatic heterocycles. The van der Waals surface area contributed by atoms with Crippen molar-refractivity contribution in [3.8, 4) is 5.75 Å². The average Bonchev–Trinajstić information content (AvgIpc) is 3.00. The fourth-order valence-corrected chi connectivity index (χ4v) is 6.15. The Hall–Kier alpha value is -0.940. The van der Waals surface area contributed by atoms with E-state index in [0.717, 1.165) is 65.4 Å². The van der Waals surface area contributed by atoms with Gasteiger partial charge in [0.05, 0.1) is 12.7 Å². The van der Waals surface area contributed by atoms with Crippen LogP contribution in [0, 0.1) is 0 Å². The van der Waals surface area contributed by atoms with Gasteiger partial charge in [-0.15, -0.1) is 0 Å². The Labute approximate surface area is 272 Å². The van der Waals surface area contributed by atoms with E-state index in [9.17, 15) is 0 Å². The van der Waals surface area contributed by atoms with Crippen LogP contribution in [-0.2, 0) is 35.9 Å². The number of hydrogen-bond donors (Lipinski definition) is 0. The minimum absolute atomic E-state index is 0.245. The summed E-state index contributed by atoms with van der Waals surface area (Å²) in [5.74, 6) is -0.333. The number of unbranched alkanes of at least 4 members (excludes halogenated alkanes) is 3. The lowest BCUT2D eigenvalue weighted by molar-refractivity contribution is -0.374. The SMILES string of the molecule is CCCCO[C@H]1[C@H](OCCCC)[C@@H](CI)O[C@@](OC)(c2ccc(Cl)c(Cc3ccc(OCC)cc3)c2)[C@@H]1OCCCC. The molecule has 8 heteroatoms. The Balaban J connectivity index is 2.04. The molecule has 0 aliphatic carbocycles. The summed E-state index contributed by atoms with van der Waals surface area (Å²) in [5.41, 5.74) is 2.99. The zero-order chi connectivity index (χ0) is 30.4. The van der Waals surface area contributed by atoms with Gasteiger partial charge in [-0.2, -0.15) is 0 Å². The standard InChI is InChI=1S/C34H50ClIO6/c1-6-10-19-39-31-30(24-36)42-34(37-5,33(41-21-12-8-3)32(31)40-20-11-7-2)27-15-18-29(35)26(23-27)22-25-13-16-28(17-14-25)38-9-4/h13-18,23,30-33H,6-12,19-22,24H2,1-5H3/t30-,31-,32+,33-,34+/m1/s1. The number of ether oxygens (including phenoxy) is 6. The van der Waals surface area contributed by atoms with E-state index >= 15 is 0 Å². The molecule has 1 saturated heterocycles. The van der Waals surface area contributed by atoms with Gasteiger partial charge in [-0.3, -0.25) is 0 Å². The van der Waals surface area contributed by atoms with Crippen LogP contribution in [0.2, 0.25) is 5.02 Å². The smallest absolute Gasteiger partial charge is 0.224 e. The predicted molar refractivity (Wildman–Crippen MR) is 178 cm³/mol. The molecule has 1 fully saturated rings. The number of alkyl halides is 1. The highest BCUT2D eigenvalue weighted by Crippen LogP contribution is 2.44. The first-order valence-electron chi connectivity index (χ1n) is 15.6. The lowest BCUT2D eigenvalue weighted by Crippen LogP contribution is -2.66. The van der Waals surface area contributed by atoms with Gasteiger partial charge in [0.1, 0.15) is 24.1 Å². The Kier molecular flexibility index (Phi) is 15.9. The molecule has 0 unspecified atom stereocenters. The van der Waals surface area contributed by atoms with Gasteiger partial charge in [0.2, 0.25) is 5.79 Å². The van der Waals surface area contributed by atoms with Gasteiger partial charge in [-0.25, -0.2) is 0 Å². The van der Waals surface area contributed by atoms with Gasteiger partial charge < -0.3 is 28.4 Å². The van der Waals surface area contributed by atoms with E-state index < -0.39 is 11.9 Å². The molecule has 6 nitrogen and oxygen atoms in total. The first-order valence-corrected chi connectivity index (χ1v) is 17.5. The number of benzene rings is 2. The third kappa shape index (κ3) is 9.29. The van der Waals surface area contributed by atoms with E-state index in [2.05, 4.69) is 61.6 Å². The summed E-state index contributed by atoms with van der Waals surface area (Å²) in [6.45, 7) is 11.0. The van der Waals surface area contributed by atoms with Crippen molar-refractivity contribution >= 4 is 34.2 Å². The topological polar surface area (TPSA) is 55.4 Å². The lowest BCUT2D eigenvalue weighted by Gasteiger charge is -2.52. The molecule has 0 amide bonds. The second kappa shape index (κ2) is 18.8. The van der Waals surface area contributed by atoms with Crippen molar-refractivity contribution in [1.82, 2.24) is 0 Å². The van der Waals surface area contributed by atoms with Crippen molar-refractivity contribution in [1.29, 1.82) is 0 Å². The van der Waals surface area contributed by atoms with Gasteiger partial charge >= 0.3 is 0 Å². The summed E-state index contributed by atoms with van der Waals surface area (Å²) in [4.78, 5) is 0. The zero-order valence-electron chi connectivity index (χ0n) is 26.0. The van der Waals surface area contributed by atoms with E-state index in [0.29, 0.717) is 37.9 Å². The maximum absolute atomic E-state index is 6.95. The van der Waals surface area contributed by atoms with Crippen LogP contribution in [0.15, 0.2) is 42.5 Å². The maximum Gasteiger partial charge on any atom is 0.224 e. The van der Waals surface area contributed by atoms with Crippen molar-refractivity contribution in [2.75, 3.05) is 38.0 Å². The van der Waals surface area contributed by atoms with Crippen LogP contribution in [0.3, 0.4) is 0 Å². The molecule has 0 radical (unpaired) electrons. The minimum atomic E-state index is -1.19. The summed E-state index contributed by atoms with van der Waals surface area (Å²) in [6.07, 6.45) is 5.26. The van der Waals surface area contributed by atoms with E-state index in [4.69, 9.17) is 40.0 Å². The highest BCUT2D eigenvalue weighted by molar-refractivity contribution is 14.1. The maximum atomic E-state index is 6.95. The number of halogens is 2. The third-order valence-corrected chi connectivity index (χ3v) is 8.87. The monoisotopic (exact) mass is 716 g/mol. The summed E-state index contributed by atoms with van der Waals surface area (Å²) < 4.78 is 39.5. The second-order valence-corrected chi connectivity index (χ2v) is 12.1. The zero-order valence-corrected chi connectivity index (χ0v) is 29.0. The Bertz CT molecular complexity index is 1040. The quantitative estimate of drug-likeness (QED) is 0.0826. The molecule has 236 valence electrons. The van der Waals surface area contributed by atoms with Crippen molar-refractivity contribution in [3.63, 3.8) is 0 Å². The van der Waals surface area contributed by atoms with Crippen LogP contribution < -0.4 is 4.74 Å². The molecule has 42 heavy (non-hydrogen) atoms. The summed E-state index contributed by atoms with van der Waals surface area (Å²) >= 11 is 9.15. The highest BCUT2D eigenvalue weighted by atomic mass is 127. The van der Waals surface area contributed by atoms with Crippen molar-refractivity contribution in [2.45, 2.75) is 103 Å². The number of methoxy groups -OCH3 is 1. The molecule has 2 aromatic rings. The van der Waals surface area contributed by atoms with E-state index in [1.165, 1.54) is 0 Å². The van der Waals surface area contributed by atoms with Crippen LogP contribution >= 0.6 is 34.2 Å². The largest absolute Gasteiger partial charge is 0.494 e. The Morgan fingerprint density at radius 2 is 1.45 bits per heavy atom. The average molecular weight is 717 g/mol. The van der Waals surface area contributed by atoms with Gasteiger partial charge in [-0.05, 0) is 68.0 Å². The van der Waals surface area contributed by atoms with Crippen molar-refractivity contribution < 1.29 is 28.4 Å². The van der Waals surface area contributed by atoms with E-state index in [1.54, 1.807) is 7.11 Å². The molecular weight excluding hydrogens is 667 g/mol. The van der Waals surface area contributed by atoms with Gasteiger partial charge in [-0.1, -0.05) is 92.4 Å². The van der Waals surface area contributed by atoms with Crippen LogP contribution in [0.5, 0.6) is 5.75 Å². The number of hydrogen-bond acceptors (Lipinski definition) is 6.